The Morgan fingerprint density at radius 1 is 1.37 bits per heavy atom. The highest BCUT2D eigenvalue weighted by Crippen LogP contribution is 2.40. The van der Waals surface area contributed by atoms with Gasteiger partial charge in [-0.05, 0) is 42.2 Å². The molecule has 0 aromatic carbocycles. The van der Waals surface area contributed by atoms with Crippen molar-refractivity contribution < 1.29 is 8.78 Å². The lowest BCUT2D eigenvalue weighted by Crippen LogP contribution is -2.29. The lowest BCUT2D eigenvalue weighted by Gasteiger charge is -2.33. The first-order valence-electron chi connectivity index (χ1n) is 6.89. The van der Waals surface area contributed by atoms with E-state index < -0.39 is 12.5 Å². The molecular weight excluding hydrogens is 264 g/mol. The molecule has 0 fully saturated rings. The molecule has 0 spiro atoms. The zero-order valence-corrected chi connectivity index (χ0v) is 12.7. The first-order valence-corrected chi connectivity index (χ1v) is 7.71. The number of fused-ring (bicyclic) bond motifs is 1. The van der Waals surface area contributed by atoms with Gasteiger partial charge in [0.2, 0.25) is 0 Å². The fourth-order valence-corrected chi connectivity index (χ4v) is 4.03. The summed E-state index contributed by atoms with van der Waals surface area (Å²) >= 11 is 1.55. The smallest absolute Gasteiger partial charge is 0.264 e. The van der Waals surface area contributed by atoms with Crippen molar-refractivity contribution in [3.05, 3.63) is 21.4 Å². The Balaban J connectivity index is 2.13. The Labute approximate surface area is 118 Å². The third-order valence-electron chi connectivity index (χ3n) is 4.09. The molecule has 2 N–H and O–H groups in total. The van der Waals surface area contributed by atoms with Gasteiger partial charge >= 0.3 is 0 Å². The first-order chi connectivity index (χ1) is 8.71. The van der Waals surface area contributed by atoms with Crippen molar-refractivity contribution in [2.75, 3.05) is 6.54 Å². The molecule has 1 aliphatic carbocycles. The van der Waals surface area contributed by atoms with Gasteiger partial charge in [0.05, 0.1) is 6.54 Å². The van der Waals surface area contributed by atoms with Crippen LogP contribution in [0.3, 0.4) is 0 Å². The highest BCUT2D eigenvalue weighted by molar-refractivity contribution is 7.12. The lowest BCUT2D eigenvalue weighted by atomic mass is 9.72. The number of hydrogen-bond donors (Lipinski definition) is 1. The zero-order valence-electron chi connectivity index (χ0n) is 11.9. The van der Waals surface area contributed by atoms with Crippen LogP contribution in [0.4, 0.5) is 8.78 Å². The highest BCUT2D eigenvalue weighted by Gasteiger charge is 2.32. The van der Waals surface area contributed by atoms with Crippen LogP contribution >= 0.6 is 11.3 Å². The lowest BCUT2D eigenvalue weighted by molar-refractivity contribution is 0.0123. The standard InChI is InChI=1S/C15H23F2NS/c1-14(2,3)11-4-5-13-10(6-11)7-12(19-13)8-15(16,17)9-18/h7,11H,4-6,8-9,18H2,1-3H3. The minimum atomic E-state index is -2.77. The van der Waals surface area contributed by atoms with Gasteiger partial charge in [-0.2, -0.15) is 0 Å². The molecule has 1 heterocycles. The van der Waals surface area contributed by atoms with Crippen LogP contribution in [-0.2, 0) is 19.3 Å². The molecule has 1 nitrogen and oxygen atoms in total. The summed E-state index contributed by atoms with van der Waals surface area (Å²) in [5, 5.41) is 0. The molecule has 108 valence electrons. The van der Waals surface area contributed by atoms with Crippen LogP contribution in [0.2, 0.25) is 0 Å². The molecule has 0 saturated carbocycles. The normalized spacial score (nSPS) is 20.4. The van der Waals surface area contributed by atoms with E-state index in [1.54, 1.807) is 11.3 Å². The molecule has 0 radical (unpaired) electrons. The quantitative estimate of drug-likeness (QED) is 0.892. The van der Waals surface area contributed by atoms with Gasteiger partial charge in [0.15, 0.2) is 0 Å². The number of thiophene rings is 1. The molecule has 0 amide bonds. The predicted molar refractivity (Wildman–Crippen MR) is 77.0 cm³/mol. The van der Waals surface area contributed by atoms with Crippen molar-refractivity contribution in [2.45, 2.75) is 52.4 Å². The third-order valence-corrected chi connectivity index (χ3v) is 5.33. The van der Waals surface area contributed by atoms with Crippen molar-refractivity contribution in [3.8, 4) is 0 Å². The Hall–Kier alpha value is -0.480. The van der Waals surface area contributed by atoms with E-state index in [9.17, 15) is 8.78 Å². The van der Waals surface area contributed by atoms with Crippen LogP contribution < -0.4 is 5.73 Å². The van der Waals surface area contributed by atoms with Crippen molar-refractivity contribution in [1.82, 2.24) is 0 Å². The summed E-state index contributed by atoms with van der Waals surface area (Å²) in [6, 6.07) is 1.99. The second-order valence-electron chi connectivity index (χ2n) is 6.70. The molecule has 1 aromatic heterocycles. The van der Waals surface area contributed by atoms with E-state index in [0.29, 0.717) is 11.3 Å². The zero-order chi connectivity index (χ0) is 14.3. The molecule has 2 rings (SSSR count). The minimum Gasteiger partial charge on any atom is -0.325 e. The van der Waals surface area contributed by atoms with Gasteiger partial charge in [-0.1, -0.05) is 20.8 Å². The molecule has 0 aliphatic heterocycles. The number of alkyl halides is 2. The van der Waals surface area contributed by atoms with Crippen LogP contribution in [0.15, 0.2) is 6.07 Å². The van der Waals surface area contributed by atoms with E-state index in [4.69, 9.17) is 5.73 Å². The topological polar surface area (TPSA) is 26.0 Å². The third kappa shape index (κ3) is 3.54. The summed E-state index contributed by atoms with van der Waals surface area (Å²) in [5.74, 6) is -2.12. The van der Waals surface area contributed by atoms with Crippen LogP contribution in [0.5, 0.6) is 0 Å². The number of hydrogen-bond acceptors (Lipinski definition) is 2. The summed E-state index contributed by atoms with van der Waals surface area (Å²) < 4.78 is 26.7. The van der Waals surface area contributed by atoms with Crippen molar-refractivity contribution in [3.63, 3.8) is 0 Å². The summed E-state index contributed by atoms with van der Waals surface area (Å²) in [6.07, 6.45) is 3.03. The van der Waals surface area contributed by atoms with Gasteiger partial charge in [0.1, 0.15) is 0 Å². The second kappa shape index (κ2) is 5.13. The molecule has 0 saturated heterocycles. The fourth-order valence-electron chi connectivity index (χ4n) is 2.74. The monoisotopic (exact) mass is 287 g/mol. The van der Waals surface area contributed by atoms with Gasteiger partial charge in [-0.3, -0.25) is 0 Å². The Bertz CT molecular complexity index is 445. The largest absolute Gasteiger partial charge is 0.325 e. The maximum atomic E-state index is 13.4. The van der Waals surface area contributed by atoms with Gasteiger partial charge < -0.3 is 5.73 Å². The van der Waals surface area contributed by atoms with Gasteiger partial charge in [0, 0.05) is 16.2 Å². The van der Waals surface area contributed by atoms with E-state index in [-0.39, 0.29) is 6.42 Å². The SMILES string of the molecule is CC(C)(C)C1CCc2sc(CC(F)(F)CN)cc2C1. The number of aryl methyl sites for hydroxylation is 1. The Morgan fingerprint density at radius 3 is 2.63 bits per heavy atom. The van der Waals surface area contributed by atoms with E-state index >= 15 is 0 Å². The molecule has 1 unspecified atom stereocenters. The second-order valence-corrected chi connectivity index (χ2v) is 7.93. The molecule has 4 heteroatoms. The molecule has 1 aliphatic rings. The summed E-state index contributed by atoms with van der Waals surface area (Å²) in [6.45, 7) is 6.22. The summed E-state index contributed by atoms with van der Waals surface area (Å²) in [5.41, 5.74) is 6.69. The maximum Gasteiger partial charge on any atom is 0.264 e. The first kappa shape index (κ1) is 14.9. The Kier molecular flexibility index (Phi) is 4.03. The summed E-state index contributed by atoms with van der Waals surface area (Å²) in [7, 11) is 0. The summed E-state index contributed by atoms with van der Waals surface area (Å²) in [4.78, 5) is 2.10. The maximum absolute atomic E-state index is 13.4. The number of halogens is 2. The van der Waals surface area contributed by atoms with Crippen LogP contribution in [0, 0.1) is 11.3 Å². The molecule has 0 bridgehead atoms. The average molecular weight is 287 g/mol. The molecule has 19 heavy (non-hydrogen) atoms. The molecule has 1 atom stereocenters. The van der Waals surface area contributed by atoms with E-state index in [1.807, 2.05) is 6.07 Å². The minimum absolute atomic E-state index is 0.207. The average Bonchev–Trinajstić information content (AvgIpc) is 2.67. The van der Waals surface area contributed by atoms with E-state index in [2.05, 4.69) is 20.8 Å². The van der Waals surface area contributed by atoms with Gasteiger partial charge in [-0.15, -0.1) is 11.3 Å². The van der Waals surface area contributed by atoms with E-state index in [0.717, 1.165) is 17.7 Å². The number of nitrogens with two attached hydrogens (primary N) is 1. The number of rotatable bonds is 3. The fraction of sp³-hybridized carbons (Fsp3) is 0.733. The van der Waals surface area contributed by atoms with Crippen molar-refractivity contribution in [2.24, 2.45) is 17.1 Å². The van der Waals surface area contributed by atoms with Crippen LogP contribution in [0.25, 0.3) is 0 Å². The molecular formula is C15H23F2NS. The molecule has 1 aromatic rings. The predicted octanol–water partition coefficient (Wildman–Crippen LogP) is 4.04. The van der Waals surface area contributed by atoms with Crippen molar-refractivity contribution >= 4 is 11.3 Å². The highest BCUT2D eigenvalue weighted by atomic mass is 32.1. The van der Waals surface area contributed by atoms with Crippen molar-refractivity contribution in [1.29, 1.82) is 0 Å². The van der Waals surface area contributed by atoms with Crippen LogP contribution in [-0.4, -0.2) is 12.5 Å². The Morgan fingerprint density at radius 2 is 2.05 bits per heavy atom. The van der Waals surface area contributed by atoms with Crippen LogP contribution in [0.1, 0.15) is 42.5 Å². The van der Waals surface area contributed by atoms with Gasteiger partial charge in [0.25, 0.3) is 5.92 Å². The van der Waals surface area contributed by atoms with Gasteiger partial charge in [-0.25, -0.2) is 8.78 Å². The van der Waals surface area contributed by atoms with E-state index in [1.165, 1.54) is 16.9 Å².